The molecule has 0 radical (unpaired) electrons. The first-order chi connectivity index (χ1) is 9.95. The first-order valence-electron chi connectivity index (χ1n) is 6.06. The number of hydrogen-bond donors (Lipinski definition) is 3. The van der Waals surface area contributed by atoms with Crippen LogP contribution in [0.25, 0.3) is 0 Å². The van der Waals surface area contributed by atoms with E-state index in [9.17, 15) is 14.7 Å². The zero-order valence-corrected chi connectivity index (χ0v) is 13.0. The molecule has 1 amide bonds. The Morgan fingerprint density at radius 3 is 2.33 bits per heavy atom. The number of phenols is 1. The zero-order chi connectivity index (χ0) is 15.4. The second-order valence-corrected chi connectivity index (χ2v) is 5.55. The molecule has 21 heavy (non-hydrogen) atoms. The van der Waals surface area contributed by atoms with E-state index in [-0.39, 0.29) is 18.1 Å². The molecule has 5 nitrogen and oxygen atoms in total. The van der Waals surface area contributed by atoms with Gasteiger partial charge in [-0.15, -0.1) is 0 Å². The molecule has 108 valence electrons. The minimum atomic E-state index is -0.902. The molecule has 0 aromatic heterocycles. The Morgan fingerprint density at radius 1 is 1.10 bits per heavy atom. The van der Waals surface area contributed by atoms with E-state index in [4.69, 9.17) is 5.11 Å². The quantitative estimate of drug-likeness (QED) is 0.693. The lowest BCUT2D eigenvalue weighted by Gasteiger charge is -2.07. The van der Waals surface area contributed by atoms with Crippen LogP contribution in [0.3, 0.4) is 0 Å². The summed E-state index contributed by atoms with van der Waals surface area (Å²) in [6.07, 6.45) is -0.0563. The summed E-state index contributed by atoms with van der Waals surface area (Å²) in [6, 6.07) is 11.3. The number of nitrogens with one attached hydrogen (secondary N) is 1. The van der Waals surface area contributed by atoms with Gasteiger partial charge in [0, 0.05) is 11.3 Å². The van der Waals surface area contributed by atoms with E-state index in [0.29, 0.717) is 20.4 Å². The molecular formula is C15H12INO4. The fourth-order valence-corrected chi connectivity index (χ4v) is 2.07. The van der Waals surface area contributed by atoms with Crippen LogP contribution in [0.5, 0.6) is 5.75 Å². The smallest absolute Gasteiger partial charge is 0.307 e. The van der Waals surface area contributed by atoms with Crippen LogP contribution in [0, 0.1) is 3.57 Å². The lowest BCUT2D eigenvalue weighted by atomic mass is 10.1. The summed E-state index contributed by atoms with van der Waals surface area (Å²) in [5.74, 6) is -1.19. The highest BCUT2D eigenvalue weighted by atomic mass is 127. The number of carbonyl (C=O) groups excluding carboxylic acids is 1. The maximum absolute atomic E-state index is 12.0. The molecule has 0 saturated heterocycles. The average molecular weight is 397 g/mol. The van der Waals surface area contributed by atoms with Gasteiger partial charge in [-0.25, -0.2) is 0 Å². The fraction of sp³-hybridized carbons (Fsp3) is 0.0667. The fourth-order valence-electron chi connectivity index (χ4n) is 1.74. The summed E-state index contributed by atoms with van der Waals surface area (Å²) in [7, 11) is 0. The number of phenolic OH excluding ortho intramolecular Hbond substituents is 1. The van der Waals surface area contributed by atoms with Gasteiger partial charge in [-0.3, -0.25) is 9.59 Å². The van der Waals surface area contributed by atoms with Crippen LogP contribution < -0.4 is 5.32 Å². The number of anilines is 1. The molecule has 0 fully saturated rings. The van der Waals surface area contributed by atoms with Gasteiger partial charge in [0.1, 0.15) is 5.75 Å². The van der Waals surface area contributed by atoms with Crippen molar-refractivity contribution >= 4 is 40.2 Å². The van der Waals surface area contributed by atoms with Crippen LogP contribution in [0.4, 0.5) is 5.69 Å². The Labute approximate surface area is 134 Å². The predicted molar refractivity (Wildman–Crippen MR) is 86.6 cm³/mol. The first-order valence-corrected chi connectivity index (χ1v) is 7.14. The molecule has 0 unspecified atom stereocenters. The summed E-state index contributed by atoms with van der Waals surface area (Å²) in [5, 5.41) is 21.0. The van der Waals surface area contributed by atoms with Crippen LogP contribution in [-0.4, -0.2) is 22.1 Å². The molecular weight excluding hydrogens is 385 g/mol. The van der Waals surface area contributed by atoms with Gasteiger partial charge in [0.2, 0.25) is 0 Å². The number of carboxylic acids is 1. The number of carboxylic acid groups (broad SMARTS) is 1. The SMILES string of the molecule is O=C(O)Cc1ccc(NC(=O)c2ccc(I)c(O)c2)cc1. The molecule has 0 saturated carbocycles. The highest BCUT2D eigenvalue weighted by Crippen LogP contribution is 2.21. The molecule has 3 N–H and O–H groups in total. The maximum Gasteiger partial charge on any atom is 0.307 e. The Bertz CT molecular complexity index is 683. The van der Waals surface area contributed by atoms with E-state index < -0.39 is 5.97 Å². The number of aliphatic carboxylic acids is 1. The maximum atomic E-state index is 12.0. The third-order valence-electron chi connectivity index (χ3n) is 2.78. The van der Waals surface area contributed by atoms with Gasteiger partial charge in [-0.1, -0.05) is 12.1 Å². The Morgan fingerprint density at radius 2 is 1.76 bits per heavy atom. The van der Waals surface area contributed by atoms with Gasteiger partial charge in [0.25, 0.3) is 5.91 Å². The van der Waals surface area contributed by atoms with Crippen LogP contribution in [0.15, 0.2) is 42.5 Å². The number of aromatic hydroxyl groups is 1. The van der Waals surface area contributed by atoms with Gasteiger partial charge in [-0.2, -0.15) is 0 Å². The highest BCUT2D eigenvalue weighted by molar-refractivity contribution is 14.1. The lowest BCUT2D eigenvalue weighted by Crippen LogP contribution is -2.12. The van der Waals surface area contributed by atoms with Crippen molar-refractivity contribution in [3.05, 3.63) is 57.2 Å². The van der Waals surface area contributed by atoms with Crippen LogP contribution >= 0.6 is 22.6 Å². The number of hydrogen-bond acceptors (Lipinski definition) is 3. The standard InChI is InChI=1S/C15H12INO4/c16-12-6-3-10(8-13(12)18)15(21)17-11-4-1-9(2-5-11)7-14(19)20/h1-6,8,18H,7H2,(H,17,21)(H,19,20). The van der Waals surface area contributed by atoms with Crippen molar-refractivity contribution in [3.63, 3.8) is 0 Å². The summed E-state index contributed by atoms with van der Waals surface area (Å²) >= 11 is 1.97. The average Bonchev–Trinajstić information content (AvgIpc) is 2.43. The van der Waals surface area contributed by atoms with E-state index >= 15 is 0 Å². The Balaban J connectivity index is 2.08. The van der Waals surface area contributed by atoms with E-state index in [1.54, 1.807) is 36.4 Å². The van der Waals surface area contributed by atoms with E-state index in [0.717, 1.165) is 0 Å². The molecule has 0 aliphatic heterocycles. The van der Waals surface area contributed by atoms with Crippen LogP contribution in [0.2, 0.25) is 0 Å². The largest absolute Gasteiger partial charge is 0.507 e. The molecule has 2 rings (SSSR count). The number of amides is 1. The molecule has 6 heteroatoms. The summed E-state index contributed by atoms with van der Waals surface area (Å²) < 4.78 is 0.669. The number of carbonyl (C=O) groups is 2. The molecule has 0 heterocycles. The van der Waals surface area contributed by atoms with Gasteiger partial charge in [-0.05, 0) is 58.5 Å². The van der Waals surface area contributed by atoms with Gasteiger partial charge in [0.05, 0.1) is 9.99 Å². The minimum Gasteiger partial charge on any atom is -0.507 e. The van der Waals surface area contributed by atoms with Crippen molar-refractivity contribution < 1.29 is 19.8 Å². The second-order valence-electron chi connectivity index (χ2n) is 4.39. The van der Waals surface area contributed by atoms with Crippen molar-refractivity contribution in [2.24, 2.45) is 0 Å². The van der Waals surface area contributed by atoms with Crippen LogP contribution in [0.1, 0.15) is 15.9 Å². The topological polar surface area (TPSA) is 86.6 Å². The van der Waals surface area contributed by atoms with Gasteiger partial charge < -0.3 is 15.5 Å². The molecule has 0 aliphatic rings. The highest BCUT2D eigenvalue weighted by Gasteiger charge is 2.09. The third kappa shape index (κ3) is 4.19. The van der Waals surface area contributed by atoms with Gasteiger partial charge in [0.15, 0.2) is 0 Å². The van der Waals surface area contributed by atoms with Crippen molar-refractivity contribution in [2.45, 2.75) is 6.42 Å². The predicted octanol–water partition coefficient (Wildman–Crippen LogP) is 2.88. The van der Waals surface area contributed by atoms with Crippen molar-refractivity contribution in [2.75, 3.05) is 5.32 Å². The Hall–Kier alpha value is -2.09. The monoisotopic (exact) mass is 397 g/mol. The number of halogens is 1. The molecule has 0 bridgehead atoms. The summed E-state index contributed by atoms with van der Waals surface area (Å²) in [5.41, 5.74) is 1.57. The first kappa shape index (κ1) is 15.3. The van der Waals surface area contributed by atoms with Crippen LogP contribution in [-0.2, 0) is 11.2 Å². The molecule has 0 atom stereocenters. The van der Waals surface area contributed by atoms with Gasteiger partial charge >= 0.3 is 5.97 Å². The lowest BCUT2D eigenvalue weighted by molar-refractivity contribution is -0.136. The molecule has 2 aromatic rings. The number of benzene rings is 2. The Kier molecular flexibility index (Phi) is 4.79. The zero-order valence-electron chi connectivity index (χ0n) is 10.8. The minimum absolute atomic E-state index is 0.0556. The summed E-state index contributed by atoms with van der Waals surface area (Å²) in [4.78, 5) is 22.6. The van der Waals surface area contributed by atoms with E-state index in [2.05, 4.69) is 5.32 Å². The molecule has 0 spiro atoms. The van der Waals surface area contributed by atoms with Crippen molar-refractivity contribution in [3.8, 4) is 5.75 Å². The van der Waals surface area contributed by atoms with Crippen molar-refractivity contribution in [1.82, 2.24) is 0 Å². The normalized spacial score (nSPS) is 10.1. The molecule has 0 aliphatic carbocycles. The third-order valence-corrected chi connectivity index (χ3v) is 3.69. The molecule has 2 aromatic carbocycles. The summed E-state index contributed by atoms with van der Waals surface area (Å²) in [6.45, 7) is 0. The number of rotatable bonds is 4. The van der Waals surface area contributed by atoms with Crippen molar-refractivity contribution in [1.29, 1.82) is 0 Å². The van der Waals surface area contributed by atoms with E-state index in [1.807, 2.05) is 22.6 Å². The second kappa shape index (κ2) is 6.57. The van der Waals surface area contributed by atoms with E-state index in [1.165, 1.54) is 6.07 Å².